The molecule has 3 N–H and O–H groups in total. The van der Waals surface area contributed by atoms with Gasteiger partial charge in [-0.25, -0.2) is 0 Å². The summed E-state index contributed by atoms with van der Waals surface area (Å²) >= 11 is 0. The number of nitrogens with two attached hydrogens (primary N) is 1. The van der Waals surface area contributed by atoms with Crippen molar-refractivity contribution in [2.24, 2.45) is 16.8 Å². The van der Waals surface area contributed by atoms with Gasteiger partial charge in [-0.15, -0.1) is 0 Å². The van der Waals surface area contributed by atoms with Crippen LogP contribution in [0.1, 0.15) is 43.4 Å². The molecule has 0 saturated carbocycles. The molecule has 0 amide bonds. The number of hydrogen-bond donors (Lipinski definition) is 2. The smallest absolute Gasteiger partial charge is 0.170 e. The van der Waals surface area contributed by atoms with Crippen LogP contribution in [0.4, 0.5) is 0 Å². The Labute approximate surface area is 121 Å². The third-order valence-corrected chi connectivity index (χ3v) is 4.62. The van der Waals surface area contributed by atoms with E-state index in [2.05, 4.69) is 36.9 Å². The summed E-state index contributed by atoms with van der Waals surface area (Å²) in [6.45, 7) is 8.90. The summed E-state index contributed by atoms with van der Waals surface area (Å²) in [6, 6.07) is 6.64. The summed E-state index contributed by atoms with van der Waals surface area (Å²) in [5.74, 6) is 0.931. The zero-order valence-corrected chi connectivity index (χ0v) is 12.6. The Balaban J connectivity index is 2.14. The number of oxime groups is 1. The molecule has 20 heavy (non-hydrogen) atoms. The van der Waals surface area contributed by atoms with Crippen LogP contribution in [0.2, 0.25) is 0 Å². The van der Waals surface area contributed by atoms with Gasteiger partial charge in [0.05, 0.1) is 0 Å². The molecule has 1 aliphatic heterocycles. The number of nitrogens with zero attached hydrogens (tertiary/aromatic N) is 2. The highest BCUT2D eigenvalue weighted by molar-refractivity contribution is 5.97. The SMILES string of the molecule is Cc1cc(/C(N)=N/O)ccc1CN1CCCC(C)C1C. The van der Waals surface area contributed by atoms with Crippen LogP contribution in [0.5, 0.6) is 0 Å². The van der Waals surface area contributed by atoms with E-state index in [-0.39, 0.29) is 5.84 Å². The van der Waals surface area contributed by atoms with Crippen LogP contribution in [-0.2, 0) is 6.54 Å². The van der Waals surface area contributed by atoms with E-state index >= 15 is 0 Å². The Bertz CT molecular complexity index is 498. The van der Waals surface area contributed by atoms with Crippen molar-refractivity contribution in [1.82, 2.24) is 4.90 Å². The maximum atomic E-state index is 8.73. The lowest BCUT2D eigenvalue weighted by Gasteiger charge is -2.38. The predicted molar refractivity (Wildman–Crippen MR) is 82.0 cm³/mol. The maximum absolute atomic E-state index is 8.73. The van der Waals surface area contributed by atoms with Gasteiger partial charge >= 0.3 is 0 Å². The number of amidine groups is 1. The van der Waals surface area contributed by atoms with Gasteiger partial charge in [0.25, 0.3) is 0 Å². The largest absolute Gasteiger partial charge is 0.409 e. The molecular weight excluding hydrogens is 250 g/mol. The molecule has 2 atom stereocenters. The van der Waals surface area contributed by atoms with E-state index in [1.807, 2.05) is 12.1 Å². The summed E-state index contributed by atoms with van der Waals surface area (Å²) in [5, 5.41) is 11.8. The molecule has 0 spiro atoms. The number of benzene rings is 1. The monoisotopic (exact) mass is 275 g/mol. The van der Waals surface area contributed by atoms with Crippen molar-refractivity contribution in [3.8, 4) is 0 Å². The van der Waals surface area contributed by atoms with Crippen molar-refractivity contribution >= 4 is 5.84 Å². The molecule has 1 heterocycles. The summed E-state index contributed by atoms with van der Waals surface area (Å²) in [7, 11) is 0. The van der Waals surface area contributed by atoms with Gasteiger partial charge in [-0.1, -0.05) is 24.2 Å². The molecule has 0 radical (unpaired) electrons. The lowest BCUT2D eigenvalue weighted by atomic mass is 9.91. The molecule has 0 aliphatic carbocycles. The van der Waals surface area contributed by atoms with E-state index in [9.17, 15) is 0 Å². The number of aryl methyl sites for hydroxylation is 1. The van der Waals surface area contributed by atoms with Gasteiger partial charge in [-0.2, -0.15) is 0 Å². The van der Waals surface area contributed by atoms with E-state index in [1.54, 1.807) is 0 Å². The lowest BCUT2D eigenvalue weighted by Crippen LogP contribution is -2.41. The molecule has 110 valence electrons. The topological polar surface area (TPSA) is 61.9 Å². The Morgan fingerprint density at radius 3 is 2.85 bits per heavy atom. The zero-order chi connectivity index (χ0) is 14.7. The number of hydrogen-bond acceptors (Lipinski definition) is 3. The van der Waals surface area contributed by atoms with Crippen LogP contribution in [0.3, 0.4) is 0 Å². The first-order chi connectivity index (χ1) is 9.52. The van der Waals surface area contributed by atoms with Gasteiger partial charge in [-0.05, 0) is 56.3 Å². The molecule has 4 nitrogen and oxygen atoms in total. The first-order valence-corrected chi connectivity index (χ1v) is 7.34. The van der Waals surface area contributed by atoms with E-state index in [4.69, 9.17) is 10.9 Å². The molecule has 1 fully saturated rings. The van der Waals surface area contributed by atoms with Crippen molar-refractivity contribution in [3.63, 3.8) is 0 Å². The standard InChI is InChI=1S/C16H25N3O/c1-11-5-4-8-19(13(11)3)10-15-7-6-14(9-12(15)2)16(17)18-20/h6-7,9,11,13,20H,4-5,8,10H2,1-3H3,(H2,17,18). The normalized spacial score (nSPS) is 24.9. The van der Waals surface area contributed by atoms with Crippen molar-refractivity contribution in [2.75, 3.05) is 6.54 Å². The third-order valence-electron chi connectivity index (χ3n) is 4.62. The van der Waals surface area contributed by atoms with Gasteiger partial charge in [0, 0.05) is 18.2 Å². The van der Waals surface area contributed by atoms with Crippen molar-refractivity contribution in [2.45, 2.75) is 46.2 Å². The van der Waals surface area contributed by atoms with Gasteiger partial charge in [0.2, 0.25) is 0 Å². The number of rotatable bonds is 3. The minimum atomic E-state index is 0.166. The fourth-order valence-electron chi connectivity index (χ4n) is 2.95. The minimum absolute atomic E-state index is 0.166. The molecule has 4 heteroatoms. The fraction of sp³-hybridized carbons (Fsp3) is 0.562. The van der Waals surface area contributed by atoms with Crippen LogP contribution in [-0.4, -0.2) is 28.5 Å². The quantitative estimate of drug-likeness (QED) is 0.386. The van der Waals surface area contributed by atoms with E-state index < -0.39 is 0 Å². The highest BCUT2D eigenvalue weighted by Gasteiger charge is 2.24. The molecule has 2 unspecified atom stereocenters. The number of piperidine rings is 1. The second kappa shape index (κ2) is 6.27. The highest BCUT2D eigenvalue weighted by Crippen LogP contribution is 2.25. The van der Waals surface area contributed by atoms with Crippen LogP contribution in [0.15, 0.2) is 23.4 Å². The second-order valence-corrected chi connectivity index (χ2v) is 5.96. The minimum Gasteiger partial charge on any atom is -0.409 e. The van der Waals surface area contributed by atoms with Crippen LogP contribution < -0.4 is 5.73 Å². The molecule has 2 rings (SSSR count). The maximum Gasteiger partial charge on any atom is 0.170 e. The van der Waals surface area contributed by atoms with Crippen LogP contribution >= 0.6 is 0 Å². The van der Waals surface area contributed by atoms with Crippen molar-refractivity contribution < 1.29 is 5.21 Å². The summed E-state index contributed by atoms with van der Waals surface area (Å²) in [5.41, 5.74) is 8.91. The molecule has 1 saturated heterocycles. The average Bonchev–Trinajstić information content (AvgIpc) is 2.45. The van der Waals surface area contributed by atoms with Gasteiger partial charge < -0.3 is 10.9 Å². The zero-order valence-electron chi connectivity index (χ0n) is 12.6. The summed E-state index contributed by atoms with van der Waals surface area (Å²) in [6.07, 6.45) is 2.62. The van der Waals surface area contributed by atoms with Crippen molar-refractivity contribution in [1.29, 1.82) is 0 Å². The third kappa shape index (κ3) is 3.12. The fourth-order valence-corrected chi connectivity index (χ4v) is 2.95. The molecule has 1 aromatic carbocycles. The van der Waals surface area contributed by atoms with Crippen LogP contribution in [0.25, 0.3) is 0 Å². The summed E-state index contributed by atoms with van der Waals surface area (Å²) < 4.78 is 0. The van der Waals surface area contributed by atoms with Crippen LogP contribution in [0, 0.1) is 12.8 Å². The molecule has 0 bridgehead atoms. The van der Waals surface area contributed by atoms with E-state index in [0.717, 1.165) is 18.0 Å². The van der Waals surface area contributed by atoms with Gasteiger partial charge in [0.15, 0.2) is 5.84 Å². The van der Waals surface area contributed by atoms with Crippen molar-refractivity contribution in [3.05, 3.63) is 34.9 Å². The van der Waals surface area contributed by atoms with E-state index in [0.29, 0.717) is 6.04 Å². The highest BCUT2D eigenvalue weighted by atomic mass is 16.4. The van der Waals surface area contributed by atoms with E-state index in [1.165, 1.54) is 30.5 Å². The summed E-state index contributed by atoms with van der Waals surface area (Å²) in [4.78, 5) is 2.56. The predicted octanol–water partition coefficient (Wildman–Crippen LogP) is 2.71. The molecule has 1 aliphatic rings. The van der Waals surface area contributed by atoms with Gasteiger partial charge in [-0.3, -0.25) is 4.90 Å². The Morgan fingerprint density at radius 2 is 2.20 bits per heavy atom. The first-order valence-electron chi connectivity index (χ1n) is 7.34. The second-order valence-electron chi connectivity index (χ2n) is 5.96. The molecule has 1 aromatic rings. The lowest BCUT2D eigenvalue weighted by molar-refractivity contribution is 0.106. The molecular formula is C16H25N3O. The number of likely N-dealkylation sites (tertiary alicyclic amines) is 1. The Kier molecular flexibility index (Phi) is 4.65. The molecule has 0 aromatic heterocycles. The average molecular weight is 275 g/mol. The first kappa shape index (κ1) is 14.9. The van der Waals surface area contributed by atoms with Gasteiger partial charge in [0.1, 0.15) is 0 Å². The Hall–Kier alpha value is -1.55. The Morgan fingerprint density at radius 1 is 1.45 bits per heavy atom.